The van der Waals surface area contributed by atoms with Crippen LogP contribution in [0.2, 0.25) is 0 Å². The first-order valence-corrected chi connectivity index (χ1v) is 22.7. The minimum Gasteiger partial charge on any atom is -0.462 e. The van der Waals surface area contributed by atoms with E-state index in [9.17, 15) is 14.4 Å². The fourth-order valence-electron chi connectivity index (χ4n) is 6.39. The molecule has 0 N–H and O–H groups in total. The smallest absolute Gasteiger partial charge is 0.338 e. The lowest BCUT2D eigenvalue weighted by Crippen LogP contribution is -2.06. The minimum absolute atomic E-state index is 0.289. The van der Waals surface area contributed by atoms with E-state index in [1.807, 2.05) is 20.8 Å². The van der Waals surface area contributed by atoms with Gasteiger partial charge in [0.15, 0.2) is 0 Å². The van der Waals surface area contributed by atoms with Crippen LogP contribution in [-0.2, 0) is 14.2 Å². The van der Waals surface area contributed by atoms with Gasteiger partial charge in [0.25, 0.3) is 0 Å². The van der Waals surface area contributed by atoms with Crippen LogP contribution < -0.4 is 0 Å². The molecule has 0 radical (unpaired) electrons. The van der Waals surface area contributed by atoms with Gasteiger partial charge in [0.2, 0.25) is 0 Å². The second-order valence-corrected chi connectivity index (χ2v) is 15.6. The molecule has 4 heterocycles. The van der Waals surface area contributed by atoms with Gasteiger partial charge < -0.3 is 14.2 Å². The molecule has 12 bridgehead atoms. The summed E-state index contributed by atoms with van der Waals surface area (Å²) in [5.41, 5.74) is 3.59. The summed E-state index contributed by atoms with van der Waals surface area (Å²) in [7, 11) is 0. The monoisotopic (exact) mass is 903 g/mol. The van der Waals surface area contributed by atoms with Crippen LogP contribution in [-0.4, -0.2) is 52.7 Å². The molecule has 0 unspecified atom stereocenters. The van der Waals surface area contributed by atoms with Crippen molar-refractivity contribution in [3.8, 4) is 0 Å². The van der Waals surface area contributed by atoms with E-state index in [1.165, 1.54) is 0 Å². The SMILES string of the molecule is CCCCOC(=O)c1cc2c#cc3cccc(c#cc4cc(C(=O)OCCCC)cc(c#cc5cccc(c#cc6cc(C(=O)OCCCC)cc(c#cc7cccc(c#cc(c1)c2)n7)c6)n5)c4)n3. The van der Waals surface area contributed by atoms with E-state index in [4.69, 9.17) is 14.2 Å². The van der Waals surface area contributed by atoms with E-state index in [1.54, 1.807) is 109 Å². The van der Waals surface area contributed by atoms with Crippen molar-refractivity contribution in [3.63, 3.8) is 0 Å². The summed E-state index contributed by atoms with van der Waals surface area (Å²) in [5, 5.41) is 3.13. The molecule has 0 saturated carbocycles. The van der Waals surface area contributed by atoms with Crippen molar-refractivity contribution in [2.75, 3.05) is 19.8 Å². The number of aromatic nitrogens is 3. The average molecular weight is 904 g/mol. The molecule has 69 heavy (non-hydrogen) atoms. The predicted molar refractivity (Wildman–Crippen MR) is 266 cm³/mol. The summed E-state index contributed by atoms with van der Waals surface area (Å²) in [6, 6.07) is 68.7. The average Bonchev–Trinajstić information content (AvgIpc) is 3.37. The van der Waals surface area contributed by atoms with Crippen LogP contribution >= 0.6 is 0 Å². The standard InChI is InChI=1S/C60H45N3O6/c1-4-7-31-67-58(64)49-37-43-19-25-52-13-10-15-54(61-52)27-21-45-35-47(41-50(39-45)59(65)68-32-8-5-2)23-29-56-17-12-18-57(63-56)30-24-48-36-46(40-51(42-48)60(66)69-33-9-6-3)22-28-55-16-11-14-53(62-55)26-20-44(34-43)38-49/h10-18,34-42H,4-9,31-33H2,1-3H3. The molecular formula is C60H45N3O6. The van der Waals surface area contributed by atoms with Gasteiger partial charge in [0, 0.05) is 32.3 Å². The zero-order chi connectivity index (χ0) is 48.2. The Morgan fingerprint density at radius 3 is 0.768 bits per heavy atom. The molecule has 4 aromatic heterocycles. The van der Waals surface area contributed by atoms with Crippen LogP contribution in [0.5, 0.6) is 0 Å². The lowest BCUT2D eigenvalue weighted by Gasteiger charge is -2.03. The number of fused-ring (bicyclic) bond motifs is 12. The molecule has 0 atom stereocenters. The van der Waals surface area contributed by atoms with Crippen LogP contribution in [0, 0.1) is 72.8 Å². The van der Waals surface area contributed by atoms with Crippen molar-refractivity contribution in [2.24, 2.45) is 0 Å². The van der Waals surface area contributed by atoms with Crippen molar-refractivity contribution >= 4 is 83.3 Å². The van der Waals surface area contributed by atoms with Gasteiger partial charge in [-0.25, -0.2) is 29.3 Å². The molecule has 0 saturated heterocycles. The number of esters is 3. The topological polar surface area (TPSA) is 118 Å². The van der Waals surface area contributed by atoms with Crippen molar-refractivity contribution in [3.05, 3.63) is 199 Å². The second-order valence-electron chi connectivity index (χ2n) is 15.6. The fourth-order valence-corrected chi connectivity index (χ4v) is 6.39. The van der Waals surface area contributed by atoms with Gasteiger partial charge in [-0.3, -0.25) is 0 Å². The van der Waals surface area contributed by atoms with Crippen molar-refractivity contribution in [1.82, 2.24) is 15.0 Å². The molecule has 0 amide bonds. The zero-order valence-electron chi connectivity index (χ0n) is 38.5. The summed E-state index contributed by atoms with van der Waals surface area (Å²) in [6.45, 7) is 6.93. The molecule has 7 rings (SSSR count). The van der Waals surface area contributed by atoms with Gasteiger partial charge in [-0.05, 0) is 147 Å². The molecule has 9 nitrogen and oxygen atoms in total. The summed E-state index contributed by atoms with van der Waals surface area (Å²) in [5.74, 6) is -1.45. The largest absolute Gasteiger partial charge is 0.462 e. The third-order valence-electron chi connectivity index (χ3n) is 9.96. The van der Waals surface area contributed by atoms with Gasteiger partial charge in [-0.15, -0.1) is 0 Å². The molecule has 0 aliphatic rings. The first kappa shape index (κ1) is 47.8. The number of carbonyl (C=O) groups excluding carboxylic acids is 3. The predicted octanol–water partition coefficient (Wildman–Crippen LogP) is 12.3. The lowest BCUT2D eigenvalue weighted by molar-refractivity contribution is 0.0490. The molecule has 0 aliphatic carbocycles. The van der Waals surface area contributed by atoms with Crippen LogP contribution in [0.4, 0.5) is 0 Å². The number of unbranched alkanes of at least 4 members (excludes halogenated alkanes) is 3. The Hall–Kier alpha value is -9.12. The number of ether oxygens (including phenoxy) is 3. The minimum atomic E-state index is -0.483. The molecule has 0 aliphatic heterocycles. The maximum Gasteiger partial charge on any atom is 0.338 e. The van der Waals surface area contributed by atoms with E-state index in [0.29, 0.717) is 82.1 Å². The van der Waals surface area contributed by atoms with Crippen molar-refractivity contribution in [1.29, 1.82) is 0 Å². The summed E-state index contributed by atoms with van der Waals surface area (Å²) in [4.78, 5) is 53.6. The van der Waals surface area contributed by atoms with Crippen molar-refractivity contribution < 1.29 is 28.6 Å². The van der Waals surface area contributed by atoms with Crippen LogP contribution in [0.15, 0.2) is 109 Å². The van der Waals surface area contributed by atoms with E-state index in [0.717, 1.165) is 38.5 Å². The molecule has 7 aromatic rings. The fraction of sp³-hybridized carbons (Fsp3) is 0.200. The van der Waals surface area contributed by atoms with E-state index >= 15 is 0 Å². The highest BCUT2D eigenvalue weighted by atomic mass is 16.5. The Morgan fingerprint density at radius 2 is 0.565 bits per heavy atom. The van der Waals surface area contributed by atoms with Crippen molar-refractivity contribution in [2.45, 2.75) is 59.3 Å². The Bertz CT molecular complexity index is 2800. The summed E-state index contributed by atoms with van der Waals surface area (Å²) >= 11 is 0. The molecule has 3 aromatic carbocycles. The highest BCUT2D eigenvalue weighted by Crippen LogP contribution is 2.15. The molecule has 9 heteroatoms. The number of pyridine rings is 3. The molecule has 0 spiro atoms. The zero-order valence-corrected chi connectivity index (χ0v) is 38.5. The van der Waals surface area contributed by atoms with Crippen LogP contribution in [0.3, 0.4) is 0 Å². The third kappa shape index (κ3) is 14.7. The van der Waals surface area contributed by atoms with Gasteiger partial charge in [-0.2, -0.15) is 0 Å². The molecular weight excluding hydrogens is 859 g/mol. The summed E-state index contributed by atoms with van der Waals surface area (Å²) in [6.07, 6.45) is 4.83. The van der Waals surface area contributed by atoms with Gasteiger partial charge >= 0.3 is 17.9 Å². The number of benzene rings is 3. The van der Waals surface area contributed by atoms with Gasteiger partial charge in [0.05, 0.1) is 36.5 Å². The lowest BCUT2D eigenvalue weighted by atomic mass is 10.1. The van der Waals surface area contributed by atoms with Gasteiger partial charge in [-0.1, -0.05) is 94.6 Å². The highest BCUT2D eigenvalue weighted by Gasteiger charge is 2.10. The molecule has 0 fully saturated rings. The van der Waals surface area contributed by atoms with E-state index in [-0.39, 0.29) is 19.8 Å². The quantitative estimate of drug-likeness (QED) is 0.0671. The highest BCUT2D eigenvalue weighted by molar-refractivity contribution is 5.95. The number of carbonyl (C=O) groups is 3. The van der Waals surface area contributed by atoms with Crippen LogP contribution in [0.25, 0.3) is 65.4 Å². The Balaban J connectivity index is 1.45. The number of rotatable bonds is 12. The Labute approximate surface area is 403 Å². The number of nitrogens with zero attached hydrogens (tertiary/aromatic N) is 3. The molecule has 336 valence electrons. The third-order valence-corrected chi connectivity index (χ3v) is 9.96. The Morgan fingerprint density at radius 1 is 0.348 bits per heavy atom. The second kappa shape index (κ2) is 24.4. The number of hydrogen-bond acceptors (Lipinski definition) is 9. The normalized spacial score (nSPS) is 9.96. The van der Waals surface area contributed by atoms with Gasteiger partial charge in [0.1, 0.15) is 33.1 Å². The van der Waals surface area contributed by atoms with E-state index in [2.05, 4.69) is 87.7 Å². The maximum absolute atomic E-state index is 13.2. The number of hydrogen-bond donors (Lipinski definition) is 0. The first-order chi connectivity index (χ1) is 33.7. The summed E-state index contributed by atoms with van der Waals surface area (Å²) < 4.78 is 16.6. The first-order valence-electron chi connectivity index (χ1n) is 22.7. The van der Waals surface area contributed by atoms with Crippen LogP contribution in [0.1, 0.15) is 90.4 Å². The van der Waals surface area contributed by atoms with E-state index < -0.39 is 17.9 Å². The Kier molecular flexibility index (Phi) is 16.9. The maximum atomic E-state index is 13.2.